The molecule has 1 aromatic carbocycles. The van der Waals surface area contributed by atoms with Crippen LogP contribution in [0.15, 0.2) is 47.2 Å². The Hall–Kier alpha value is -3.99. The van der Waals surface area contributed by atoms with Crippen LogP contribution in [0.25, 0.3) is 5.69 Å². The number of aromatic nitrogens is 3. The number of anilines is 1. The van der Waals surface area contributed by atoms with Gasteiger partial charge < -0.3 is 34.1 Å². The van der Waals surface area contributed by atoms with E-state index in [-0.39, 0.29) is 42.7 Å². The average Bonchev–Trinajstić information content (AvgIpc) is 3.73. The minimum Gasteiger partial charge on any atom is -0.391 e. The van der Waals surface area contributed by atoms with Gasteiger partial charge in [0.1, 0.15) is 24.1 Å². The lowest BCUT2D eigenvalue weighted by molar-refractivity contribution is -0.141. The van der Waals surface area contributed by atoms with Gasteiger partial charge >= 0.3 is 0 Å². The van der Waals surface area contributed by atoms with Crippen molar-refractivity contribution in [3.05, 3.63) is 59.9 Å². The molecule has 2 N–H and O–H groups in total. The fourth-order valence-electron chi connectivity index (χ4n) is 6.03. The Kier molecular flexibility index (Phi) is 8.77. The van der Waals surface area contributed by atoms with Crippen molar-refractivity contribution >= 4 is 23.9 Å². The summed E-state index contributed by atoms with van der Waals surface area (Å²) >= 11 is 0. The number of carbonyl (C=O) groups excluding carboxylic acids is 3. The molecule has 2 fully saturated rings. The number of benzene rings is 1. The summed E-state index contributed by atoms with van der Waals surface area (Å²) in [5.41, 5.74) is 1.90. The van der Waals surface area contributed by atoms with Crippen molar-refractivity contribution in [2.45, 2.75) is 71.1 Å². The minimum atomic E-state index is -0.797. The number of imidazole rings is 1. The minimum absolute atomic E-state index is 0.0657. The number of hydrogen-bond acceptors (Lipinski definition) is 8. The van der Waals surface area contributed by atoms with Crippen LogP contribution in [0.4, 0.5) is 5.82 Å². The van der Waals surface area contributed by atoms with E-state index < -0.39 is 18.1 Å². The Morgan fingerprint density at radius 3 is 2.48 bits per heavy atom. The van der Waals surface area contributed by atoms with E-state index in [0.717, 1.165) is 36.2 Å². The molecule has 0 aliphatic carbocycles. The monoisotopic (exact) mass is 576 g/mol. The topological polar surface area (TPSA) is 134 Å². The summed E-state index contributed by atoms with van der Waals surface area (Å²) in [7, 11) is 0. The van der Waals surface area contributed by atoms with Crippen LogP contribution >= 0.6 is 0 Å². The molecule has 224 valence electrons. The number of carbonyl (C=O) groups is 3. The number of rotatable bonds is 9. The standard InChI is InChI=1S/C31H40N6O5/c1-19(2)29(27-16-28(34-42-27)35-12-9-22(18-38)10-13-35)31(41)37-17-25(39)15-26(37)30(40)33-20(3)23-5-7-24(8-6-23)36-14-11-32-21(36)4/h5-8,11,14,16,18-20,22,25-26,29,39H,9-10,12-13,15,17H2,1-4H3,(H,33,40)/t20-,25+,26-,29+/m0/s1. The van der Waals surface area contributed by atoms with Gasteiger partial charge in [-0.05, 0) is 50.3 Å². The number of aryl methyl sites for hydroxylation is 1. The summed E-state index contributed by atoms with van der Waals surface area (Å²) in [6.45, 7) is 9.16. The number of aliphatic hydroxyl groups is 1. The first-order valence-electron chi connectivity index (χ1n) is 14.7. The highest BCUT2D eigenvalue weighted by atomic mass is 16.5. The third-order valence-corrected chi connectivity index (χ3v) is 8.53. The summed E-state index contributed by atoms with van der Waals surface area (Å²) in [5, 5.41) is 17.8. The summed E-state index contributed by atoms with van der Waals surface area (Å²) in [6.07, 6.45) is 5.54. The third kappa shape index (κ3) is 6.11. The van der Waals surface area contributed by atoms with Crippen molar-refractivity contribution in [2.24, 2.45) is 11.8 Å². The molecule has 42 heavy (non-hydrogen) atoms. The quantitative estimate of drug-likeness (QED) is 0.371. The maximum Gasteiger partial charge on any atom is 0.243 e. The SMILES string of the molecule is Cc1nccn1-c1ccc([C@H](C)NC(=O)[C@@H]2C[C@@H](O)CN2C(=O)[C@@H](c2cc(N3CCC(C=O)CC3)no2)C(C)C)cc1. The molecule has 5 rings (SSSR count). The molecule has 0 bridgehead atoms. The lowest BCUT2D eigenvalue weighted by Gasteiger charge is -2.30. The summed E-state index contributed by atoms with van der Waals surface area (Å²) in [6, 6.07) is 8.58. The van der Waals surface area contributed by atoms with E-state index in [4.69, 9.17) is 4.52 Å². The molecule has 11 nitrogen and oxygen atoms in total. The number of β-amino-alcohol motifs (C(OH)–C–C–N with tert-alkyl or cyclic N) is 1. The number of nitrogens with one attached hydrogen (secondary N) is 1. The molecule has 2 amide bonds. The van der Waals surface area contributed by atoms with E-state index in [0.29, 0.717) is 24.7 Å². The van der Waals surface area contributed by atoms with Crippen molar-refractivity contribution in [2.75, 3.05) is 24.5 Å². The van der Waals surface area contributed by atoms with Crippen LogP contribution in [0.2, 0.25) is 0 Å². The number of likely N-dealkylation sites (tertiary alicyclic amines) is 1. The van der Waals surface area contributed by atoms with Gasteiger partial charge in [0, 0.05) is 56.1 Å². The lowest BCUT2D eigenvalue weighted by atomic mass is 9.91. The van der Waals surface area contributed by atoms with Crippen LogP contribution in [0, 0.1) is 18.8 Å². The zero-order valence-electron chi connectivity index (χ0n) is 24.6. The predicted octanol–water partition coefficient (Wildman–Crippen LogP) is 3.16. The van der Waals surface area contributed by atoms with Gasteiger partial charge in [-0.15, -0.1) is 0 Å². The van der Waals surface area contributed by atoms with Crippen molar-refractivity contribution in [1.29, 1.82) is 0 Å². The smallest absolute Gasteiger partial charge is 0.243 e. The van der Waals surface area contributed by atoms with Gasteiger partial charge in [-0.1, -0.05) is 31.1 Å². The highest BCUT2D eigenvalue weighted by Crippen LogP contribution is 2.33. The van der Waals surface area contributed by atoms with Gasteiger partial charge in [0.15, 0.2) is 11.6 Å². The molecule has 0 unspecified atom stereocenters. The van der Waals surface area contributed by atoms with E-state index in [2.05, 4.69) is 20.4 Å². The third-order valence-electron chi connectivity index (χ3n) is 8.53. The molecule has 4 heterocycles. The Morgan fingerprint density at radius 2 is 1.86 bits per heavy atom. The molecular formula is C31H40N6O5. The fraction of sp³-hybridized carbons (Fsp3) is 0.516. The van der Waals surface area contributed by atoms with Crippen molar-refractivity contribution in [3.8, 4) is 5.69 Å². The Bertz CT molecular complexity index is 1390. The number of aldehydes is 1. The summed E-state index contributed by atoms with van der Waals surface area (Å²) in [4.78, 5) is 46.4. The zero-order valence-corrected chi connectivity index (χ0v) is 24.6. The fourth-order valence-corrected chi connectivity index (χ4v) is 6.03. The summed E-state index contributed by atoms with van der Waals surface area (Å²) in [5.74, 6) is 0.673. The number of hydrogen-bond donors (Lipinski definition) is 2. The maximum absolute atomic E-state index is 13.9. The van der Waals surface area contributed by atoms with E-state index in [1.54, 1.807) is 12.3 Å². The van der Waals surface area contributed by atoms with E-state index >= 15 is 0 Å². The Morgan fingerprint density at radius 1 is 1.14 bits per heavy atom. The van der Waals surface area contributed by atoms with Gasteiger partial charge in [0.2, 0.25) is 11.8 Å². The van der Waals surface area contributed by atoms with E-state index in [9.17, 15) is 19.5 Å². The Labute approximate surface area is 245 Å². The van der Waals surface area contributed by atoms with Crippen LogP contribution in [0.3, 0.4) is 0 Å². The number of nitrogens with zero attached hydrogens (tertiary/aromatic N) is 5. The van der Waals surface area contributed by atoms with Crippen molar-refractivity contribution < 1.29 is 24.0 Å². The Balaban J connectivity index is 1.27. The lowest BCUT2D eigenvalue weighted by Crippen LogP contribution is -2.48. The highest BCUT2D eigenvalue weighted by molar-refractivity contribution is 5.91. The van der Waals surface area contributed by atoms with Crippen LogP contribution in [-0.4, -0.2) is 74.6 Å². The van der Waals surface area contributed by atoms with Gasteiger partial charge in [0.05, 0.1) is 12.1 Å². The van der Waals surface area contributed by atoms with Crippen LogP contribution in [0.5, 0.6) is 0 Å². The van der Waals surface area contributed by atoms with Crippen LogP contribution < -0.4 is 10.2 Å². The normalized spacial score (nSPS) is 21.0. The molecule has 3 aromatic rings. The first-order chi connectivity index (χ1) is 20.2. The molecule has 4 atom stereocenters. The van der Waals surface area contributed by atoms with Gasteiger partial charge in [-0.2, -0.15) is 0 Å². The second-order valence-electron chi connectivity index (χ2n) is 11.8. The van der Waals surface area contributed by atoms with Crippen LogP contribution in [-0.2, 0) is 14.4 Å². The highest BCUT2D eigenvalue weighted by Gasteiger charge is 2.43. The van der Waals surface area contributed by atoms with Crippen LogP contribution in [0.1, 0.15) is 69.1 Å². The zero-order chi connectivity index (χ0) is 30.0. The molecule has 0 spiro atoms. The second-order valence-corrected chi connectivity index (χ2v) is 11.8. The van der Waals surface area contributed by atoms with Crippen molar-refractivity contribution in [3.63, 3.8) is 0 Å². The molecule has 0 radical (unpaired) electrons. The largest absolute Gasteiger partial charge is 0.391 e. The second kappa shape index (κ2) is 12.5. The molecule has 2 saturated heterocycles. The van der Waals surface area contributed by atoms with Gasteiger partial charge in [0.25, 0.3) is 0 Å². The van der Waals surface area contributed by atoms with E-state index in [1.807, 2.05) is 62.7 Å². The first-order valence-corrected chi connectivity index (χ1v) is 14.7. The molecular weight excluding hydrogens is 536 g/mol. The molecule has 11 heteroatoms. The maximum atomic E-state index is 13.9. The van der Waals surface area contributed by atoms with Gasteiger partial charge in [-0.25, -0.2) is 4.98 Å². The average molecular weight is 577 g/mol. The predicted molar refractivity (Wildman–Crippen MR) is 156 cm³/mol. The molecule has 2 aromatic heterocycles. The van der Waals surface area contributed by atoms with E-state index in [1.165, 1.54) is 4.90 Å². The number of aliphatic hydroxyl groups excluding tert-OH is 1. The molecule has 2 aliphatic rings. The number of piperidine rings is 1. The summed E-state index contributed by atoms with van der Waals surface area (Å²) < 4.78 is 7.67. The number of amides is 2. The van der Waals surface area contributed by atoms with Gasteiger partial charge in [-0.3, -0.25) is 9.59 Å². The molecule has 2 aliphatic heterocycles. The molecule has 0 saturated carbocycles. The van der Waals surface area contributed by atoms with Crippen molar-refractivity contribution in [1.82, 2.24) is 24.9 Å². The first kappa shape index (κ1) is 29.5.